The van der Waals surface area contributed by atoms with E-state index in [9.17, 15) is 14.4 Å². The van der Waals surface area contributed by atoms with E-state index < -0.39 is 5.82 Å². The molecular formula is C25H18FN5O2. The summed E-state index contributed by atoms with van der Waals surface area (Å²) in [6, 6.07) is 19.0. The van der Waals surface area contributed by atoms with E-state index in [4.69, 9.17) is 4.74 Å². The SMILES string of the molecule is Cc1cn(-c2ccc(CN3Cc4cccc(Oc5c(F)cccc5C#N)c4C3=O)cc2)nn1. The summed E-state index contributed by atoms with van der Waals surface area (Å²) < 4.78 is 21.8. The molecule has 0 bridgehead atoms. The third-order valence-electron chi connectivity index (χ3n) is 5.46. The first-order chi connectivity index (χ1) is 16.0. The van der Waals surface area contributed by atoms with Gasteiger partial charge >= 0.3 is 0 Å². The van der Waals surface area contributed by atoms with Crippen molar-refractivity contribution in [1.29, 1.82) is 5.26 Å². The molecule has 0 spiro atoms. The molecule has 0 fully saturated rings. The van der Waals surface area contributed by atoms with Crippen molar-refractivity contribution in [3.63, 3.8) is 0 Å². The molecule has 1 aromatic heterocycles. The monoisotopic (exact) mass is 439 g/mol. The van der Waals surface area contributed by atoms with Crippen LogP contribution in [0.5, 0.6) is 11.5 Å². The van der Waals surface area contributed by atoms with E-state index >= 15 is 0 Å². The van der Waals surface area contributed by atoms with Crippen molar-refractivity contribution in [3.05, 3.63) is 101 Å². The number of halogens is 1. The number of hydrogen-bond acceptors (Lipinski definition) is 5. The lowest BCUT2D eigenvalue weighted by atomic mass is 10.1. The van der Waals surface area contributed by atoms with Crippen molar-refractivity contribution in [3.8, 4) is 23.3 Å². The van der Waals surface area contributed by atoms with E-state index in [-0.39, 0.29) is 23.0 Å². The first kappa shape index (κ1) is 20.4. The van der Waals surface area contributed by atoms with Crippen molar-refractivity contribution in [2.45, 2.75) is 20.0 Å². The number of para-hydroxylation sites is 1. The van der Waals surface area contributed by atoms with Gasteiger partial charge in [-0.15, -0.1) is 5.10 Å². The van der Waals surface area contributed by atoms with Crippen LogP contribution in [-0.4, -0.2) is 25.8 Å². The number of nitriles is 1. The first-order valence-electron chi connectivity index (χ1n) is 10.3. The fraction of sp³-hybridized carbons (Fsp3) is 0.120. The Morgan fingerprint density at radius 2 is 1.91 bits per heavy atom. The number of benzene rings is 3. The lowest BCUT2D eigenvalue weighted by molar-refractivity contribution is 0.0764. The van der Waals surface area contributed by atoms with Crippen LogP contribution < -0.4 is 4.74 Å². The van der Waals surface area contributed by atoms with Crippen LogP contribution in [0.2, 0.25) is 0 Å². The molecule has 0 N–H and O–H groups in total. The smallest absolute Gasteiger partial charge is 0.258 e. The molecular weight excluding hydrogens is 421 g/mol. The van der Waals surface area contributed by atoms with E-state index in [0.29, 0.717) is 18.7 Å². The Morgan fingerprint density at radius 3 is 2.64 bits per heavy atom. The van der Waals surface area contributed by atoms with Crippen LogP contribution in [0.25, 0.3) is 5.69 Å². The molecule has 4 aromatic rings. The van der Waals surface area contributed by atoms with E-state index in [2.05, 4.69) is 10.3 Å². The topological polar surface area (TPSA) is 84.0 Å². The molecule has 1 aliphatic rings. The molecule has 0 aliphatic carbocycles. The summed E-state index contributed by atoms with van der Waals surface area (Å²) in [5, 5.41) is 17.3. The average molecular weight is 439 g/mol. The quantitative estimate of drug-likeness (QED) is 0.456. The van der Waals surface area contributed by atoms with Gasteiger partial charge in [-0.1, -0.05) is 35.5 Å². The molecule has 33 heavy (non-hydrogen) atoms. The normalized spacial score (nSPS) is 12.5. The van der Waals surface area contributed by atoms with Crippen molar-refractivity contribution in [2.75, 3.05) is 0 Å². The molecule has 3 aromatic carbocycles. The summed E-state index contributed by atoms with van der Waals surface area (Å²) in [7, 11) is 0. The number of hydrogen-bond donors (Lipinski definition) is 0. The molecule has 2 heterocycles. The first-order valence-corrected chi connectivity index (χ1v) is 10.3. The van der Waals surface area contributed by atoms with Gasteiger partial charge in [-0.2, -0.15) is 5.26 Å². The van der Waals surface area contributed by atoms with Gasteiger partial charge in [0.2, 0.25) is 0 Å². The van der Waals surface area contributed by atoms with Crippen LogP contribution >= 0.6 is 0 Å². The number of aryl methyl sites for hydroxylation is 1. The standard InChI is InChI=1S/C25H18FN5O2/c1-16-13-31(29-28-16)20-10-8-17(9-11-20)14-30-15-19-5-3-7-22(23(19)25(30)32)33-24-18(12-27)4-2-6-21(24)26/h2-11,13H,14-15H2,1H3. The molecule has 0 atom stereocenters. The number of nitrogens with zero attached hydrogens (tertiary/aromatic N) is 5. The Hall–Kier alpha value is -4.51. The predicted octanol–water partition coefficient (Wildman–Crippen LogP) is 4.53. The highest BCUT2D eigenvalue weighted by Crippen LogP contribution is 2.36. The fourth-order valence-electron chi connectivity index (χ4n) is 3.86. The van der Waals surface area contributed by atoms with E-state index in [1.807, 2.05) is 49.5 Å². The van der Waals surface area contributed by atoms with Crippen molar-refractivity contribution >= 4 is 5.91 Å². The molecule has 0 saturated heterocycles. The van der Waals surface area contributed by atoms with Gasteiger partial charge in [0, 0.05) is 13.1 Å². The van der Waals surface area contributed by atoms with Gasteiger partial charge in [0.1, 0.15) is 11.8 Å². The summed E-state index contributed by atoms with van der Waals surface area (Å²) >= 11 is 0. The van der Waals surface area contributed by atoms with Crippen LogP contribution in [0.3, 0.4) is 0 Å². The number of fused-ring (bicyclic) bond motifs is 1. The summed E-state index contributed by atoms with van der Waals surface area (Å²) in [6.45, 7) is 2.70. The van der Waals surface area contributed by atoms with Crippen molar-refractivity contribution in [2.24, 2.45) is 0 Å². The number of aromatic nitrogens is 3. The molecule has 0 unspecified atom stereocenters. The van der Waals surface area contributed by atoms with Gasteiger partial charge in [-0.3, -0.25) is 4.79 Å². The largest absolute Gasteiger partial charge is 0.452 e. The molecule has 7 nitrogen and oxygen atoms in total. The Labute approximate surface area is 189 Å². The molecule has 162 valence electrons. The number of rotatable bonds is 5. The lowest BCUT2D eigenvalue weighted by Gasteiger charge is -2.16. The maximum absolute atomic E-state index is 14.3. The molecule has 1 aliphatic heterocycles. The van der Waals surface area contributed by atoms with Crippen molar-refractivity contribution < 1.29 is 13.9 Å². The Balaban J connectivity index is 1.37. The second kappa shape index (κ2) is 8.20. The molecule has 0 radical (unpaired) electrons. The van der Waals surface area contributed by atoms with E-state index in [1.54, 1.807) is 21.7 Å². The van der Waals surface area contributed by atoms with Crippen LogP contribution in [0, 0.1) is 24.1 Å². The zero-order chi connectivity index (χ0) is 22.9. The third-order valence-corrected chi connectivity index (χ3v) is 5.46. The second-order valence-electron chi connectivity index (χ2n) is 7.75. The zero-order valence-electron chi connectivity index (χ0n) is 17.7. The Morgan fingerprint density at radius 1 is 1.12 bits per heavy atom. The fourth-order valence-corrected chi connectivity index (χ4v) is 3.86. The van der Waals surface area contributed by atoms with Crippen molar-refractivity contribution in [1.82, 2.24) is 19.9 Å². The summed E-state index contributed by atoms with van der Waals surface area (Å²) in [6.07, 6.45) is 1.84. The number of amides is 1. The third kappa shape index (κ3) is 3.81. The van der Waals surface area contributed by atoms with Crippen LogP contribution in [-0.2, 0) is 13.1 Å². The number of carbonyl (C=O) groups is 1. The average Bonchev–Trinajstić information content (AvgIpc) is 3.39. The Kier molecular flexibility index (Phi) is 5.07. The molecule has 5 rings (SSSR count). The maximum Gasteiger partial charge on any atom is 0.258 e. The summed E-state index contributed by atoms with van der Waals surface area (Å²) in [5.74, 6) is -0.805. The van der Waals surface area contributed by atoms with Gasteiger partial charge in [-0.25, -0.2) is 9.07 Å². The highest BCUT2D eigenvalue weighted by molar-refractivity contribution is 6.01. The van der Waals surface area contributed by atoms with Gasteiger partial charge < -0.3 is 9.64 Å². The minimum absolute atomic E-state index is 0.0672. The van der Waals surface area contributed by atoms with Gasteiger partial charge in [0.05, 0.1) is 28.7 Å². The molecule has 8 heteroatoms. The van der Waals surface area contributed by atoms with E-state index in [0.717, 1.165) is 22.5 Å². The number of carbonyl (C=O) groups excluding carboxylic acids is 1. The summed E-state index contributed by atoms with van der Waals surface area (Å²) in [5.41, 5.74) is 3.91. The summed E-state index contributed by atoms with van der Waals surface area (Å²) in [4.78, 5) is 14.9. The molecule has 0 saturated carbocycles. The Bertz CT molecular complexity index is 1410. The highest BCUT2D eigenvalue weighted by Gasteiger charge is 2.31. The van der Waals surface area contributed by atoms with E-state index in [1.165, 1.54) is 18.2 Å². The maximum atomic E-state index is 14.3. The zero-order valence-corrected chi connectivity index (χ0v) is 17.7. The number of ether oxygens (including phenoxy) is 1. The minimum atomic E-state index is -0.656. The van der Waals surface area contributed by atoms with Crippen LogP contribution in [0.1, 0.15) is 32.7 Å². The lowest BCUT2D eigenvalue weighted by Crippen LogP contribution is -2.23. The molecule has 1 amide bonds. The van der Waals surface area contributed by atoms with Crippen LogP contribution in [0.15, 0.2) is 66.9 Å². The van der Waals surface area contributed by atoms with Gasteiger partial charge in [-0.05, 0) is 48.4 Å². The van der Waals surface area contributed by atoms with Gasteiger partial charge in [0.25, 0.3) is 5.91 Å². The highest BCUT2D eigenvalue weighted by atomic mass is 19.1. The van der Waals surface area contributed by atoms with Crippen LogP contribution in [0.4, 0.5) is 4.39 Å². The predicted molar refractivity (Wildman–Crippen MR) is 117 cm³/mol. The minimum Gasteiger partial charge on any atom is -0.452 e. The van der Waals surface area contributed by atoms with Gasteiger partial charge in [0.15, 0.2) is 11.6 Å². The second-order valence-corrected chi connectivity index (χ2v) is 7.75.